The van der Waals surface area contributed by atoms with Crippen LogP contribution in [0.2, 0.25) is 0 Å². The van der Waals surface area contributed by atoms with E-state index in [4.69, 9.17) is 10.8 Å². The van der Waals surface area contributed by atoms with Crippen molar-refractivity contribution in [1.82, 2.24) is 9.55 Å². The summed E-state index contributed by atoms with van der Waals surface area (Å²) in [6.45, 7) is 5.04. The van der Waals surface area contributed by atoms with Crippen molar-refractivity contribution in [2.24, 2.45) is 5.73 Å². The standard InChI is InChI=1S/C12H20N4O3/c1-4-5-8(13)10(17)15-9-6-16(7-14-9)12(2,3)11(18)19/h6-8H,4-5,13H2,1-3H3,(H,15,17)(H,18,19). The molecule has 1 rings (SSSR count). The molecule has 19 heavy (non-hydrogen) atoms. The zero-order valence-electron chi connectivity index (χ0n) is 11.4. The first-order valence-electron chi connectivity index (χ1n) is 6.13. The van der Waals surface area contributed by atoms with Gasteiger partial charge in [0.1, 0.15) is 5.54 Å². The summed E-state index contributed by atoms with van der Waals surface area (Å²) < 4.78 is 1.43. The first-order valence-corrected chi connectivity index (χ1v) is 6.13. The number of carboxylic acid groups (broad SMARTS) is 1. The van der Waals surface area contributed by atoms with Crippen LogP contribution in [0.1, 0.15) is 33.6 Å². The Morgan fingerprint density at radius 3 is 2.74 bits per heavy atom. The molecule has 1 unspecified atom stereocenters. The average Bonchev–Trinajstić information content (AvgIpc) is 2.78. The second kappa shape index (κ2) is 5.83. The van der Waals surface area contributed by atoms with E-state index in [-0.39, 0.29) is 5.91 Å². The van der Waals surface area contributed by atoms with Crippen molar-refractivity contribution in [1.29, 1.82) is 0 Å². The Bertz CT molecular complexity index is 467. The lowest BCUT2D eigenvalue weighted by Gasteiger charge is -2.20. The molecule has 1 aromatic rings. The number of amides is 1. The fraction of sp³-hybridized carbons (Fsp3) is 0.583. The van der Waals surface area contributed by atoms with Crippen molar-refractivity contribution in [3.63, 3.8) is 0 Å². The Morgan fingerprint density at radius 2 is 2.21 bits per heavy atom. The quantitative estimate of drug-likeness (QED) is 0.705. The van der Waals surface area contributed by atoms with E-state index in [0.717, 1.165) is 6.42 Å². The zero-order chi connectivity index (χ0) is 14.6. The van der Waals surface area contributed by atoms with Crippen molar-refractivity contribution in [3.05, 3.63) is 12.5 Å². The van der Waals surface area contributed by atoms with Crippen molar-refractivity contribution >= 4 is 17.7 Å². The van der Waals surface area contributed by atoms with Crippen LogP contribution in [-0.4, -0.2) is 32.6 Å². The molecule has 0 bridgehead atoms. The molecular formula is C12H20N4O3. The predicted molar refractivity (Wildman–Crippen MR) is 70.7 cm³/mol. The zero-order valence-corrected chi connectivity index (χ0v) is 11.4. The first-order chi connectivity index (χ1) is 8.78. The number of carbonyl (C=O) groups is 2. The number of nitrogens with two attached hydrogens (primary N) is 1. The number of imidazole rings is 1. The molecule has 0 spiro atoms. The van der Waals surface area contributed by atoms with Gasteiger partial charge in [-0.25, -0.2) is 9.78 Å². The molecule has 1 aromatic heterocycles. The van der Waals surface area contributed by atoms with Gasteiger partial charge in [-0.05, 0) is 20.3 Å². The third kappa shape index (κ3) is 3.54. The average molecular weight is 268 g/mol. The van der Waals surface area contributed by atoms with Gasteiger partial charge in [0.15, 0.2) is 5.82 Å². The Morgan fingerprint density at radius 1 is 1.58 bits per heavy atom. The van der Waals surface area contributed by atoms with Gasteiger partial charge in [-0.2, -0.15) is 0 Å². The van der Waals surface area contributed by atoms with Gasteiger partial charge in [0.25, 0.3) is 0 Å². The normalized spacial score (nSPS) is 13.1. The van der Waals surface area contributed by atoms with E-state index in [0.29, 0.717) is 12.2 Å². The van der Waals surface area contributed by atoms with Crippen LogP contribution in [0.4, 0.5) is 5.82 Å². The highest BCUT2D eigenvalue weighted by atomic mass is 16.4. The van der Waals surface area contributed by atoms with Crippen LogP contribution >= 0.6 is 0 Å². The van der Waals surface area contributed by atoms with Crippen molar-refractivity contribution in [2.75, 3.05) is 5.32 Å². The van der Waals surface area contributed by atoms with Crippen molar-refractivity contribution in [2.45, 2.75) is 45.2 Å². The highest BCUT2D eigenvalue weighted by Gasteiger charge is 2.29. The van der Waals surface area contributed by atoms with Gasteiger partial charge in [0.05, 0.1) is 12.4 Å². The molecule has 0 saturated heterocycles. The lowest BCUT2D eigenvalue weighted by molar-refractivity contribution is -0.145. The van der Waals surface area contributed by atoms with Crippen LogP contribution in [0.3, 0.4) is 0 Å². The fourth-order valence-corrected chi connectivity index (χ4v) is 1.46. The molecule has 0 saturated carbocycles. The number of aliphatic carboxylic acids is 1. The third-order valence-electron chi connectivity index (χ3n) is 2.94. The van der Waals surface area contributed by atoms with Gasteiger partial charge in [0, 0.05) is 6.20 Å². The molecule has 0 radical (unpaired) electrons. The molecule has 0 aliphatic carbocycles. The summed E-state index contributed by atoms with van der Waals surface area (Å²) in [6, 6.07) is -0.581. The number of carbonyl (C=O) groups excluding carboxylic acids is 1. The summed E-state index contributed by atoms with van der Waals surface area (Å²) >= 11 is 0. The summed E-state index contributed by atoms with van der Waals surface area (Å²) in [4.78, 5) is 26.7. The highest BCUT2D eigenvalue weighted by molar-refractivity contribution is 5.93. The Balaban J connectivity index is 2.76. The number of aromatic nitrogens is 2. The minimum absolute atomic E-state index is 0.297. The number of nitrogens with one attached hydrogen (secondary N) is 1. The molecule has 0 aromatic carbocycles. The number of hydrogen-bond acceptors (Lipinski definition) is 4. The maximum atomic E-state index is 11.7. The van der Waals surface area contributed by atoms with Gasteiger partial charge in [-0.1, -0.05) is 13.3 Å². The summed E-state index contributed by atoms with van der Waals surface area (Å²) in [5.41, 5.74) is 4.55. The summed E-state index contributed by atoms with van der Waals surface area (Å²) in [5.74, 6) is -1.00. The molecule has 106 valence electrons. The number of hydrogen-bond donors (Lipinski definition) is 3. The van der Waals surface area contributed by atoms with Crippen molar-refractivity contribution < 1.29 is 14.7 Å². The SMILES string of the molecule is CCCC(N)C(=O)Nc1cn(C(C)(C)C(=O)O)cn1. The lowest BCUT2D eigenvalue weighted by atomic mass is 10.1. The Kier molecular flexibility index (Phi) is 4.66. The van der Waals surface area contributed by atoms with E-state index in [2.05, 4.69) is 10.3 Å². The minimum Gasteiger partial charge on any atom is -0.480 e. The maximum absolute atomic E-state index is 11.7. The molecule has 7 heteroatoms. The van der Waals surface area contributed by atoms with Gasteiger partial charge < -0.3 is 20.7 Å². The van der Waals surface area contributed by atoms with Crippen molar-refractivity contribution in [3.8, 4) is 0 Å². The summed E-state index contributed by atoms with van der Waals surface area (Å²) in [6.07, 6.45) is 4.25. The Hall–Kier alpha value is -1.89. The summed E-state index contributed by atoms with van der Waals surface area (Å²) in [7, 11) is 0. The van der Waals surface area contributed by atoms with Gasteiger partial charge in [0.2, 0.25) is 5.91 Å². The number of anilines is 1. The van der Waals surface area contributed by atoms with E-state index in [9.17, 15) is 9.59 Å². The lowest BCUT2D eigenvalue weighted by Crippen LogP contribution is -2.36. The van der Waals surface area contributed by atoms with Crippen LogP contribution in [0.25, 0.3) is 0 Å². The van der Waals surface area contributed by atoms with Gasteiger partial charge >= 0.3 is 5.97 Å². The van der Waals surface area contributed by atoms with E-state index in [1.807, 2.05) is 6.92 Å². The Labute approximate surface area is 111 Å². The minimum atomic E-state index is -1.12. The monoisotopic (exact) mass is 268 g/mol. The number of carboxylic acids is 1. The molecule has 4 N–H and O–H groups in total. The van der Waals surface area contributed by atoms with Gasteiger partial charge in [-0.3, -0.25) is 4.79 Å². The molecule has 7 nitrogen and oxygen atoms in total. The first kappa shape index (κ1) is 15.2. The molecule has 1 amide bonds. The van der Waals surface area contributed by atoms with Crippen LogP contribution in [-0.2, 0) is 15.1 Å². The molecular weight excluding hydrogens is 248 g/mol. The van der Waals surface area contributed by atoms with Crippen LogP contribution in [0.15, 0.2) is 12.5 Å². The van der Waals surface area contributed by atoms with Crippen LogP contribution in [0.5, 0.6) is 0 Å². The molecule has 0 aliphatic heterocycles. The van der Waals surface area contributed by atoms with E-state index >= 15 is 0 Å². The predicted octanol–water partition coefficient (Wildman–Crippen LogP) is 0.769. The van der Waals surface area contributed by atoms with E-state index in [1.165, 1.54) is 17.1 Å². The van der Waals surface area contributed by atoms with Crippen LogP contribution in [0, 0.1) is 0 Å². The van der Waals surface area contributed by atoms with E-state index in [1.54, 1.807) is 13.8 Å². The highest BCUT2D eigenvalue weighted by Crippen LogP contribution is 2.17. The van der Waals surface area contributed by atoms with E-state index < -0.39 is 17.6 Å². The van der Waals surface area contributed by atoms with Crippen LogP contribution < -0.4 is 11.1 Å². The summed E-state index contributed by atoms with van der Waals surface area (Å²) in [5, 5.41) is 11.7. The second-order valence-electron chi connectivity index (χ2n) is 4.91. The fourth-order valence-electron chi connectivity index (χ4n) is 1.46. The smallest absolute Gasteiger partial charge is 0.329 e. The molecule has 0 fully saturated rings. The topological polar surface area (TPSA) is 110 Å². The largest absolute Gasteiger partial charge is 0.480 e. The molecule has 0 aliphatic rings. The number of rotatable bonds is 6. The third-order valence-corrected chi connectivity index (χ3v) is 2.94. The maximum Gasteiger partial charge on any atom is 0.329 e. The second-order valence-corrected chi connectivity index (χ2v) is 4.91. The molecule has 1 heterocycles. The van der Waals surface area contributed by atoms with Gasteiger partial charge in [-0.15, -0.1) is 0 Å². The molecule has 1 atom stereocenters. The number of nitrogens with zero attached hydrogens (tertiary/aromatic N) is 2.